The molecule has 0 saturated carbocycles. The fourth-order valence-electron chi connectivity index (χ4n) is 3.40. The maximum Gasteiger partial charge on any atom is 0.220 e. The van der Waals surface area contributed by atoms with Crippen LogP contribution in [0.15, 0.2) is 30.7 Å². The van der Waals surface area contributed by atoms with Crippen LogP contribution >= 0.6 is 0 Å². The minimum Gasteiger partial charge on any atom is -0.372 e. The predicted octanol–water partition coefficient (Wildman–Crippen LogP) is 2.22. The van der Waals surface area contributed by atoms with Crippen molar-refractivity contribution in [2.24, 2.45) is 0 Å². The summed E-state index contributed by atoms with van der Waals surface area (Å²) in [5, 5.41) is 1.05. The Labute approximate surface area is 139 Å². The molecule has 1 saturated heterocycles. The summed E-state index contributed by atoms with van der Waals surface area (Å²) in [7, 11) is 0. The first-order valence-corrected chi connectivity index (χ1v) is 8.07. The number of aromatic nitrogens is 4. The molecule has 4 rings (SSSR count). The number of aromatic amines is 1. The molecule has 0 bridgehead atoms. The zero-order valence-corrected chi connectivity index (χ0v) is 13.7. The summed E-state index contributed by atoms with van der Waals surface area (Å²) in [5.74, 6) is 0.265. The van der Waals surface area contributed by atoms with E-state index in [1.807, 2.05) is 18.5 Å². The zero-order valence-electron chi connectivity index (χ0n) is 13.7. The summed E-state index contributed by atoms with van der Waals surface area (Å²) in [6, 6.07) is 3.91. The van der Waals surface area contributed by atoms with Crippen molar-refractivity contribution >= 4 is 22.7 Å². The molecule has 24 heavy (non-hydrogen) atoms. The number of nitrogen functional groups attached to an aromatic ring is 1. The van der Waals surface area contributed by atoms with Gasteiger partial charge in [-0.3, -0.25) is 0 Å². The van der Waals surface area contributed by atoms with Gasteiger partial charge in [0.1, 0.15) is 5.65 Å². The van der Waals surface area contributed by atoms with Crippen LogP contribution in [0.3, 0.4) is 0 Å². The number of nitrogens with one attached hydrogen (secondary N) is 1. The van der Waals surface area contributed by atoms with Gasteiger partial charge in [0, 0.05) is 37.2 Å². The van der Waals surface area contributed by atoms with E-state index >= 15 is 0 Å². The largest absolute Gasteiger partial charge is 0.372 e. The number of rotatable bonds is 2. The van der Waals surface area contributed by atoms with Crippen LogP contribution in [-0.4, -0.2) is 45.2 Å². The van der Waals surface area contributed by atoms with Gasteiger partial charge in [-0.05, 0) is 26.0 Å². The summed E-state index contributed by atoms with van der Waals surface area (Å²) < 4.78 is 5.86. The van der Waals surface area contributed by atoms with Crippen molar-refractivity contribution in [1.29, 1.82) is 0 Å². The van der Waals surface area contributed by atoms with Crippen LogP contribution in [0, 0.1) is 0 Å². The maximum absolute atomic E-state index is 5.86. The lowest BCUT2D eigenvalue weighted by Gasteiger charge is -2.37. The number of hydrogen-bond acceptors (Lipinski definition) is 6. The molecule has 1 aliphatic rings. The van der Waals surface area contributed by atoms with Gasteiger partial charge in [-0.15, -0.1) is 0 Å². The van der Waals surface area contributed by atoms with Gasteiger partial charge in [-0.1, -0.05) is 0 Å². The first-order chi connectivity index (χ1) is 11.6. The molecule has 7 heteroatoms. The molecule has 0 aromatic carbocycles. The molecule has 4 heterocycles. The number of morpholine rings is 1. The van der Waals surface area contributed by atoms with Crippen LogP contribution in [0.2, 0.25) is 0 Å². The van der Waals surface area contributed by atoms with Gasteiger partial charge in [0.15, 0.2) is 0 Å². The summed E-state index contributed by atoms with van der Waals surface area (Å²) in [6.07, 6.45) is 5.81. The van der Waals surface area contributed by atoms with Crippen molar-refractivity contribution in [3.63, 3.8) is 0 Å². The Balaban J connectivity index is 1.86. The van der Waals surface area contributed by atoms with Gasteiger partial charge >= 0.3 is 0 Å². The van der Waals surface area contributed by atoms with Crippen molar-refractivity contribution in [2.45, 2.75) is 26.1 Å². The molecule has 3 N–H and O–H groups in total. The van der Waals surface area contributed by atoms with E-state index in [2.05, 4.69) is 44.7 Å². The highest BCUT2D eigenvalue weighted by atomic mass is 16.5. The maximum atomic E-state index is 5.86. The van der Waals surface area contributed by atoms with E-state index in [0.29, 0.717) is 0 Å². The van der Waals surface area contributed by atoms with Gasteiger partial charge in [-0.2, -0.15) is 0 Å². The molecule has 2 atom stereocenters. The van der Waals surface area contributed by atoms with Gasteiger partial charge < -0.3 is 20.4 Å². The van der Waals surface area contributed by atoms with E-state index < -0.39 is 0 Å². The average Bonchev–Trinajstić information content (AvgIpc) is 2.98. The van der Waals surface area contributed by atoms with Crippen LogP contribution in [0.25, 0.3) is 22.3 Å². The second-order valence-electron chi connectivity index (χ2n) is 6.22. The molecule has 0 radical (unpaired) electrons. The molecule has 3 aromatic rings. The van der Waals surface area contributed by atoms with E-state index in [1.165, 1.54) is 0 Å². The van der Waals surface area contributed by atoms with Crippen molar-refractivity contribution in [1.82, 2.24) is 19.9 Å². The molecule has 2 unspecified atom stereocenters. The topological polar surface area (TPSA) is 93.0 Å². The van der Waals surface area contributed by atoms with Gasteiger partial charge in [0.25, 0.3) is 0 Å². The Hall–Kier alpha value is -2.67. The van der Waals surface area contributed by atoms with E-state index in [0.717, 1.165) is 41.1 Å². The lowest BCUT2D eigenvalue weighted by atomic mass is 10.1. The fourth-order valence-corrected chi connectivity index (χ4v) is 3.40. The Morgan fingerprint density at radius 2 is 1.92 bits per heavy atom. The Morgan fingerprint density at radius 1 is 1.17 bits per heavy atom. The van der Waals surface area contributed by atoms with Crippen molar-refractivity contribution in [3.8, 4) is 11.3 Å². The smallest absolute Gasteiger partial charge is 0.220 e. The molecule has 0 amide bonds. The summed E-state index contributed by atoms with van der Waals surface area (Å²) in [6.45, 7) is 5.90. The third kappa shape index (κ3) is 2.56. The lowest BCUT2D eigenvalue weighted by molar-refractivity contribution is -0.00513. The molecule has 0 aliphatic carbocycles. The number of hydrogen-bond donors (Lipinski definition) is 2. The number of pyridine rings is 1. The van der Waals surface area contributed by atoms with Gasteiger partial charge in [-0.25, -0.2) is 15.0 Å². The quantitative estimate of drug-likeness (QED) is 0.751. The zero-order chi connectivity index (χ0) is 16.7. The highest BCUT2D eigenvalue weighted by molar-refractivity contribution is 6.02. The molecule has 7 nitrogen and oxygen atoms in total. The van der Waals surface area contributed by atoms with Crippen molar-refractivity contribution < 1.29 is 4.74 Å². The second kappa shape index (κ2) is 5.76. The lowest BCUT2D eigenvalue weighted by Crippen LogP contribution is -2.45. The third-order valence-corrected chi connectivity index (χ3v) is 4.26. The van der Waals surface area contributed by atoms with Crippen LogP contribution in [0.4, 0.5) is 11.6 Å². The van der Waals surface area contributed by atoms with Crippen molar-refractivity contribution in [3.05, 3.63) is 30.7 Å². The van der Waals surface area contributed by atoms with Crippen LogP contribution in [0.5, 0.6) is 0 Å². The first kappa shape index (κ1) is 14.9. The molecule has 124 valence electrons. The number of anilines is 2. The van der Waals surface area contributed by atoms with E-state index in [1.54, 1.807) is 6.20 Å². The van der Waals surface area contributed by atoms with Crippen LogP contribution in [0.1, 0.15) is 13.8 Å². The fraction of sp³-hybridized carbons (Fsp3) is 0.353. The van der Waals surface area contributed by atoms with Crippen LogP contribution in [-0.2, 0) is 4.74 Å². The SMILES string of the molecule is CC1CN(c2ccnc3[nH]cc(-c4ccnc(N)n4)c23)CC(C)O1. The number of nitrogens with zero attached hydrogens (tertiary/aromatic N) is 4. The van der Waals surface area contributed by atoms with E-state index in [-0.39, 0.29) is 18.2 Å². The second-order valence-corrected chi connectivity index (χ2v) is 6.22. The molecular weight excluding hydrogens is 304 g/mol. The van der Waals surface area contributed by atoms with Gasteiger partial charge in [0.05, 0.1) is 29.0 Å². The summed E-state index contributed by atoms with van der Waals surface area (Å²) in [4.78, 5) is 18.4. The number of nitrogens with two attached hydrogens (primary N) is 1. The molecular formula is C17H20N6O. The minimum absolute atomic E-state index is 0.189. The predicted molar refractivity (Wildman–Crippen MR) is 93.8 cm³/mol. The minimum atomic E-state index is 0.189. The molecule has 3 aromatic heterocycles. The average molecular weight is 324 g/mol. The number of fused-ring (bicyclic) bond motifs is 1. The van der Waals surface area contributed by atoms with Crippen LogP contribution < -0.4 is 10.6 Å². The highest BCUT2D eigenvalue weighted by Crippen LogP contribution is 2.35. The first-order valence-electron chi connectivity index (χ1n) is 8.07. The van der Waals surface area contributed by atoms with Crippen molar-refractivity contribution in [2.75, 3.05) is 23.7 Å². The Bertz CT molecular complexity index is 866. The monoisotopic (exact) mass is 324 g/mol. The third-order valence-electron chi connectivity index (χ3n) is 4.26. The molecule has 1 aliphatic heterocycles. The normalized spacial score (nSPS) is 21.3. The Kier molecular flexibility index (Phi) is 3.57. The highest BCUT2D eigenvalue weighted by Gasteiger charge is 2.25. The molecule has 1 fully saturated rings. The summed E-state index contributed by atoms with van der Waals surface area (Å²) in [5.41, 5.74) is 9.49. The number of ether oxygens (including phenoxy) is 1. The van der Waals surface area contributed by atoms with E-state index in [4.69, 9.17) is 10.5 Å². The summed E-state index contributed by atoms with van der Waals surface area (Å²) >= 11 is 0. The standard InChI is InChI=1S/C17H20N6O/c1-10-8-23(9-11(2)24-10)14-4-6-19-16-15(14)12(7-21-16)13-3-5-20-17(18)22-13/h3-7,10-11H,8-9H2,1-2H3,(H,19,21)(H2,18,20,22). The number of H-pyrrole nitrogens is 1. The molecule has 0 spiro atoms. The van der Waals surface area contributed by atoms with Gasteiger partial charge in [0.2, 0.25) is 5.95 Å². The Morgan fingerprint density at radius 3 is 2.67 bits per heavy atom. The van der Waals surface area contributed by atoms with E-state index in [9.17, 15) is 0 Å².